The minimum atomic E-state index is -3.85. The van der Waals surface area contributed by atoms with E-state index in [1.807, 2.05) is 6.07 Å². The number of carbonyl (C=O) groups is 1. The monoisotopic (exact) mass is 441 g/mol. The predicted octanol–water partition coefficient (Wildman–Crippen LogP) is 1.18. The van der Waals surface area contributed by atoms with Crippen molar-refractivity contribution in [3.8, 4) is 6.07 Å². The Balaban J connectivity index is 1.64. The quantitative estimate of drug-likeness (QED) is 0.627. The van der Waals surface area contributed by atoms with E-state index in [1.165, 1.54) is 27.2 Å². The average molecular weight is 441 g/mol. The lowest BCUT2D eigenvalue weighted by Gasteiger charge is -2.31. The van der Waals surface area contributed by atoms with Gasteiger partial charge >= 0.3 is 11.7 Å². The van der Waals surface area contributed by atoms with Crippen molar-refractivity contribution in [1.82, 2.24) is 18.4 Å². The van der Waals surface area contributed by atoms with Crippen LogP contribution in [0.15, 0.2) is 52.3 Å². The molecule has 4 rings (SSSR count). The molecular weight excluding hydrogens is 422 g/mol. The first kappa shape index (κ1) is 20.8. The van der Waals surface area contributed by atoms with Gasteiger partial charge < -0.3 is 5.11 Å². The highest BCUT2D eigenvalue weighted by Crippen LogP contribution is 2.29. The molecule has 10 nitrogen and oxygen atoms in total. The fourth-order valence-corrected chi connectivity index (χ4v) is 5.60. The molecule has 11 heteroatoms. The summed E-state index contributed by atoms with van der Waals surface area (Å²) in [4.78, 5) is 28.4. The molecule has 2 aromatic heterocycles. The molecule has 1 N–H and O–H groups in total. The molecule has 0 unspecified atom stereocenters. The summed E-state index contributed by atoms with van der Waals surface area (Å²) in [5.74, 6) is -1.14. The number of rotatable bonds is 5. The number of imidazole rings is 1. The zero-order chi connectivity index (χ0) is 22.2. The second-order valence-corrected chi connectivity index (χ2v) is 9.13. The Labute approximate surface area is 177 Å². The fraction of sp³-hybridized carbons (Fsp3) is 0.300. The number of sulfonamides is 1. The Morgan fingerprint density at radius 3 is 2.58 bits per heavy atom. The van der Waals surface area contributed by atoms with Crippen LogP contribution >= 0.6 is 0 Å². The van der Waals surface area contributed by atoms with Crippen LogP contribution in [0.3, 0.4) is 0 Å². The summed E-state index contributed by atoms with van der Waals surface area (Å²) in [7, 11) is -3.85. The van der Waals surface area contributed by atoms with Gasteiger partial charge in [-0.25, -0.2) is 18.2 Å². The molecule has 1 fully saturated rings. The lowest BCUT2D eigenvalue weighted by molar-refractivity contribution is -0.137. The molecule has 3 heterocycles. The van der Waals surface area contributed by atoms with Gasteiger partial charge in [-0.2, -0.15) is 9.57 Å². The van der Waals surface area contributed by atoms with Crippen LogP contribution < -0.4 is 5.69 Å². The molecule has 1 aromatic carbocycles. The Morgan fingerprint density at radius 2 is 1.90 bits per heavy atom. The molecule has 160 valence electrons. The topological polar surface area (TPSA) is 138 Å². The second kappa shape index (κ2) is 7.98. The maximum absolute atomic E-state index is 13.0. The molecule has 0 amide bonds. The number of pyridine rings is 1. The number of hydrogen-bond acceptors (Lipinski definition) is 6. The number of benzene rings is 1. The normalized spacial score (nSPS) is 15.7. The molecule has 1 aliphatic rings. The maximum atomic E-state index is 13.0. The summed E-state index contributed by atoms with van der Waals surface area (Å²) in [5.41, 5.74) is 0.409. The van der Waals surface area contributed by atoms with Gasteiger partial charge in [-0.1, -0.05) is 12.1 Å². The van der Waals surface area contributed by atoms with Gasteiger partial charge in [0.2, 0.25) is 10.0 Å². The van der Waals surface area contributed by atoms with E-state index in [0.29, 0.717) is 24.0 Å². The second-order valence-electron chi connectivity index (χ2n) is 7.22. The van der Waals surface area contributed by atoms with Crippen LogP contribution in [0.4, 0.5) is 0 Å². The maximum Gasteiger partial charge on any atom is 0.331 e. The minimum Gasteiger partial charge on any atom is -0.480 e. The van der Waals surface area contributed by atoms with Gasteiger partial charge in [-0.05, 0) is 37.1 Å². The average Bonchev–Trinajstić information content (AvgIpc) is 3.05. The van der Waals surface area contributed by atoms with E-state index in [1.54, 1.807) is 24.3 Å². The molecule has 0 atom stereocenters. The number of aromatic nitrogens is 3. The van der Waals surface area contributed by atoms with E-state index < -0.39 is 28.2 Å². The summed E-state index contributed by atoms with van der Waals surface area (Å²) in [5, 5.41) is 18.4. The standard InChI is InChI=1S/C20H19N5O5S/c21-12-14-4-1-2-6-17(14)31(29,30)23-10-7-15(8-11-23)25-19-16(5-3-9-22-19)24(20(25)28)13-18(26)27/h1-6,9,15H,7-8,10-11,13H2,(H,26,27). The van der Waals surface area contributed by atoms with Gasteiger partial charge in [-0.3, -0.25) is 13.9 Å². The van der Waals surface area contributed by atoms with Gasteiger partial charge in [0.1, 0.15) is 12.6 Å². The number of hydrogen-bond donors (Lipinski definition) is 1. The largest absolute Gasteiger partial charge is 0.480 e. The first-order valence-corrected chi connectivity index (χ1v) is 11.1. The molecular formula is C20H19N5O5S. The third-order valence-electron chi connectivity index (χ3n) is 5.43. The highest BCUT2D eigenvalue weighted by Gasteiger charge is 2.33. The van der Waals surface area contributed by atoms with Crippen molar-refractivity contribution in [1.29, 1.82) is 5.26 Å². The number of fused-ring (bicyclic) bond motifs is 1. The Kier molecular flexibility index (Phi) is 5.34. The molecule has 0 aliphatic carbocycles. The first-order chi connectivity index (χ1) is 14.8. The third kappa shape index (κ3) is 3.60. The zero-order valence-corrected chi connectivity index (χ0v) is 17.2. The predicted molar refractivity (Wildman–Crippen MR) is 110 cm³/mol. The summed E-state index contributed by atoms with van der Waals surface area (Å²) in [6, 6.07) is 10.9. The van der Waals surface area contributed by atoms with Gasteiger partial charge in [-0.15, -0.1) is 0 Å². The van der Waals surface area contributed by atoms with Crippen molar-refractivity contribution in [3.05, 3.63) is 58.6 Å². The van der Waals surface area contributed by atoms with Crippen LogP contribution in [0.1, 0.15) is 24.4 Å². The van der Waals surface area contributed by atoms with Gasteiger partial charge in [0.25, 0.3) is 0 Å². The van der Waals surface area contributed by atoms with Crippen molar-refractivity contribution in [2.24, 2.45) is 0 Å². The molecule has 0 bridgehead atoms. The highest BCUT2D eigenvalue weighted by atomic mass is 32.2. The van der Waals surface area contributed by atoms with Crippen LogP contribution in [-0.4, -0.2) is 51.0 Å². The third-order valence-corrected chi connectivity index (χ3v) is 7.39. The molecule has 31 heavy (non-hydrogen) atoms. The van der Waals surface area contributed by atoms with Crippen LogP contribution in [0.2, 0.25) is 0 Å². The molecule has 3 aromatic rings. The lowest BCUT2D eigenvalue weighted by Crippen LogP contribution is -2.41. The van der Waals surface area contributed by atoms with Crippen LogP contribution in [0, 0.1) is 11.3 Å². The number of nitriles is 1. The van der Waals surface area contributed by atoms with Gasteiger partial charge in [0.15, 0.2) is 5.65 Å². The Bertz CT molecular complexity index is 1360. The fourth-order valence-electron chi connectivity index (χ4n) is 3.99. The molecule has 0 saturated carbocycles. The van der Waals surface area contributed by atoms with Crippen molar-refractivity contribution in [3.63, 3.8) is 0 Å². The minimum absolute atomic E-state index is 0.0344. The Morgan fingerprint density at radius 1 is 1.19 bits per heavy atom. The van der Waals surface area contributed by atoms with Crippen LogP contribution in [0.25, 0.3) is 11.2 Å². The molecule has 1 aliphatic heterocycles. The van der Waals surface area contributed by atoms with E-state index in [4.69, 9.17) is 5.11 Å². The number of carboxylic acid groups (broad SMARTS) is 1. The highest BCUT2D eigenvalue weighted by molar-refractivity contribution is 7.89. The van der Waals surface area contributed by atoms with E-state index in [2.05, 4.69) is 4.98 Å². The molecule has 1 saturated heterocycles. The van der Waals surface area contributed by atoms with Gasteiger partial charge in [0, 0.05) is 25.3 Å². The van der Waals surface area contributed by atoms with Crippen molar-refractivity contribution in [2.75, 3.05) is 13.1 Å². The van der Waals surface area contributed by atoms with Crippen molar-refractivity contribution >= 4 is 27.2 Å². The number of aliphatic carboxylic acids is 1. The smallest absolute Gasteiger partial charge is 0.331 e. The van der Waals surface area contributed by atoms with Gasteiger partial charge in [0.05, 0.1) is 16.0 Å². The number of carboxylic acids is 1. The van der Waals surface area contributed by atoms with E-state index >= 15 is 0 Å². The van der Waals surface area contributed by atoms with E-state index in [0.717, 1.165) is 4.57 Å². The summed E-state index contributed by atoms with van der Waals surface area (Å²) in [6.45, 7) is -0.151. The summed E-state index contributed by atoms with van der Waals surface area (Å²) in [6.07, 6.45) is 2.25. The van der Waals surface area contributed by atoms with Crippen LogP contribution in [0.5, 0.6) is 0 Å². The molecule has 0 spiro atoms. The van der Waals surface area contributed by atoms with Crippen LogP contribution in [-0.2, 0) is 21.4 Å². The molecule has 0 radical (unpaired) electrons. The van der Waals surface area contributed by atoms with Crippen molar-refractivity contribution < 1.29 is 18.3 Å². The summed E-state index contributed by atoms with van der Waals surface area (Å²) >= 11 is 0. The number of nitrogens with zero attached hydrogens (tertiary/aromatic N) is 5. The SMILES string of the molecule is N#Cc1ccccc1S(=O)(=O)N1CCC(n2c(=O)n(CC(=O)O)c3cccnc32)CC1. The number of piperidine rings is 1. The zero-order valence-electron chi connectivity index (χ0n) is 16.4. The van der Waals surface area contributed by atoms with E-state index in [9.17, 15) is 23.3 Å². The lowest BCUT2D eigenvalue weighted by atomic mass is 10.1. The van der Waals surface area contributed by atoms with E-state index in [-0.39, 0.29) is 29.6 Å². The van der Waals surface area contributed by atoms with Crippen molar-refractivity contribution in [2.45, 2.75) is 30.3 Å². The Hall–Kier alpha value is -3.49. The first-order valence-electron chi connectivity index (χ1n) is 9.61. The summed E-state index contributed by atoms with van der Waals surface area (Å²) < 4.78 is 30.0.